The fourth-order valence-electron chi connectivity index (χ4n) is 3.13. The molecule has 8 heteroatoms. The number of hydroxylamine groups is 2. The van der Waals surface area contributed by atoms with Crippen LogP contribution in [-0.4, -0.2) is 36.4 Å². The Hall–Kier alpha value is -2.03. The van der Waals surface area contributed by atoms with Crippen LogP contribution in [0.15, 0.2) is 35.7 Å². The fraction of sp³-hybridized carbons (Fsp3) is 0.400. The van der Waals surface area contributed by atoms with Crippen LogP contribution >= 0.6 is 11.3 Å². The average molecular weight is 420 g/mol. The first kappa shape index (κ1) is 20.7. The van der Waals surface area contributed by atoms with E-state index in [1.807, 2.05) is 47.3 Å². The van der Waals surface area contributed by atoms with Crippen molar-refractivity contribution in [3.05, 3.63) is 52.7 Å². The van der Waals surface area contributed by atoms with E-state index in [1.54, 1.807) is 11.3 Å². The summed E-state index contributed by atoms with van der Waals surface area (Å²) in [5, 5.41) is 18.3. The zero-order valence-corrected chi connectivity index (χ0v) is 17.7. The lowest BCUT2D eigenvalue weighted by molar-refractivity contribution is -0.159. The quantitative estimate of drug-likeness (QED) is 0.306. The molecule has 28 heavy (non-hydrogen) atoms. The van der Waals surface area contributed by atoms with Gasteiger partial charge in [-0.2, -0.15) is 5.10 Å². The monoisotopic (exact) mass is 419 g/mol. The molecule has 6 nitrogen and oxygen atoms in total. The Balaban J connectivity index is 1.74. The van der Waals surface area contributed by atoms with Crippen molar-refractivity contribution in [2.75, 3.05) is 5.75 Å². The van der Waals surface area contributed by atoms with Crippen molar-refractivity contribution >= 4 is 38.6 Å². The summed E-state index contributed by atoms with van der Waals surface area (Å²) in [5.74, 6) is 0.492. The van der Waals surface area contributed by atoms with Gasteiger partial charge in [-0.15, -0.1) is 11.3 Å². The van der Waals surface area contributed by atoms with E-state index in [2.05, 4.69) is 12.0 Å². The Bertz CT molecular complexity index is 967. The molecular formula is C20H25N3O3S2. The van der Waals surface area contributed by atoms with E-state index in [-0.39, 0.29) is 5.75 Å². The minimum absolute atomic E-state index is 0.126. The van der Waals surface area contributed by atoms with Crippen molar-refractivity contribution in [3.63, 3.8) is 0 Å². The molecule has 1 amide bonds. The number of fused-ring (bicyclic) bond motifs is 1. The van der Waals surface area contributed by atoms with Gasteiger partial charge in [0.1, 0.15) is 6.04 Å². The molecule has 0 fully saturated rings. The van der Waals surface area contributed by atoms with Crippen LogP contribution in [0, 0.1) is 6.92 Å². The minimum Gasteiger partial charge on any atom is -0.285 e. The SMILES string of the molecule is CCCCn1nc([C@@H](CS(=O)Cc2ccc3sccc3c2)N(O)C=O)cc1C. The van der Waals surface area contributed by atoms with Crippen molar-refractivity contribution in [1.29, 1.82) is 0 Å². The van der Waals surface area contributed by atoms with Crippen LogP contribution in [0.5, 0.6) is 0 Å². The summed E-state index contributed by atoms with van der Waals surface area (Å²) < 4.78 is 15.9. The Morgan fingerprint density at radius 3 is 2.93 bits per heavy atom. The van der Waals surface area contributed by atoms with Crippen molar-refractivity contribution < 1.29 is 14.2 Å². The second-order valence-corrected chi connectivity index (χ2v) is 9.28. The first-order chi connectivity index (χ1) is 13.5. The molecule has 0 saturated carbocycles. The third-order valence-electron chi connectivity index (χ3n) is 4.68. The zero-order chi connectivity index (χ0) is 20.1. The van der Waals surface area contributed by atoms with Crippen LogP contribution in [-0.2, 0) is 27.9 Å². The summed E-state index contributed by atoms with van der Waals surface area (Å²) in [5.41, 5.74) is 2.49. The van der Waals surface area contributed by atoms with Gasteiger partial charge in [-0.25, -0.2) is 5.06 Å². The van der Waals surface area contributed by atoms with Crippen LogP contribution in [0.2, 0.25) is 0 Å². The van der Waals surface area contributed by atoms with E-state index >= 15 is 0 Å². The van der Waals surface area contributed by atoms with E-state index < -0.39 is 16.8 Å². The molecule has 2 aromatic heterocycles. The maximum Gasteiger partial charge on any atom is 0.233 e. The van der Waals surface area contributed by atoms with Crippen LogP contribution in [0.25, 0.3) is 10.1 Å². The molecule has 3 aromatic rings. The van der Waals surface area contributed by atoms with Crippen molar-refractivity contribution in [3.8, 4) is 0 Å². The number of hydrogen-bond acceptors (Lipinski definition) is 5. The lowest BCUT2D eigenvalue weighted by Gasteiger charge is -2.20. The van der Waals surface area contributed by atoms with Crippen molar-refractivity contribution in [2.24, 2.45) is 0 Å². The van der Waals surface area contributed by atoms with Gasteiger partial charge in [-0.3, -0.25) is 18.9 Å². The van der Waals surface area contributed by atoms with Crippen molar-refractivity contribution in [2.45, 2.75) is 45.0 Å². The maximum absolute atomic E-state index is 12.8. The molecule has 0 aliphatic carbocycles. The lowest BCUT2D eigenvalue weighted by Crippen LogP contribution is -2.29. The number of aromatic nitrogens is 2. The number of nitrogens with zero attached hydrogens (tertiary/aromatic N) is 3. The summed E-state index contributed by atoms with van der Waals surface area (Å²) in [6, 6.07) is 9.21. The largest absolute Gasteiger partial charge is 0.285 e. The lowest BCUT2D eigenvalue weighted by atomic mass is 10.2. The van der Waals surface area contributed by atoms with Gasteiger partial charge in [0.2, 0.25) is 6.41 Å². The van der Waals surface area contributed by atoms with Gasteiger partial charge in [0.25, 0.3) is 0 Å². The first-order valence-electron chi connectivity index (χ1n) is 9.29. The predicted molar refractivity (Wildman–Crippen MR) is 113 cm³/mol. The number of rotatable bonds is 10. The van der Waals surface area contributed by atoms with Crippen LogP contribution in [0.3, 0.4) is 0 Å². The van der Waals surface area contributed by atoms with Gasteiger partial charge in [-0.05, 0) is 53.9 Å². The third kappa shape index (κ3) is 4.87. The molecule has 0 spiro atoms. The second kappa shape index (κ2) is 9.45. The summed E-state index contributed by atoms with van der Waals surface area (Å²) in [4.78, 5) is 11.2. The van der Waals surface area contributed by atoms with Gasteiger partial charge in [0.15, 0.2) is 0 Å². The van der Waals surface area contributed by atoms with Gasteiger partial charge >= 0.3 is 0 Å². The molecular weight excluding hydrogens is 394 g/mol. The molecule has 0 aliphatic heterocycles. The fourth-order valence-corrected chi connectivity index (χ4v) is 5.25. The van der Waals surface area contributed by atoms with Crippen LogP contribution in [0.1, 0.15) is 42.8 Å². The second-order valence-electron chi connectivity index (χ2n) is 6.83. The number of thiophene rings is 1. The molecule has 0 bridgehead atoms. The summed E-state index contributed by atoms with van der Waals surface area (Å²) in [7, 11) is -1.26. The number of aryl methyl sites for hydroxylation is 2. The number of amides is 1. The van der Waals surface area contributed by atoms with E-state index in [1.165, 1.54) is 4.70 Å². The van der Waals surface area contributed by atoms with E-state index in [0.29, 0.717) is 22.9 Å². The number of carbonyl (C=O) groups is 1. The maximum atomic E-state index is 12.8. The summed E-state index contributed by atoms with van der Waals surface area (Å²) in [6.45, 7) is 4.84. The zero-order valence-electron chi connectivity index (χ0n) is 16.1. The normalized spacial score (nSPS) is 13.5. The highest BCUT2D eigenvalue weighted by Crippen LogP contribution is 2.24. The minimum atomic E-state index is -1.26. The van der Waals surface area contributed by atoms with E-state index in [9.17, 15) is 14.2 Å². The highest BCUT2D eigenvalue weighted by atomic mass is 32.2. The Kier molecular flexibility index (Phi) is 6.98. The smallest absolute Gasteiger partial charge is 0.233 e. The number of carbonyl (C=O) groups excluding carboxylic acids is 1. The van der Waals surface area contributed by atoms with E-state index in [0.717, 1.165) is 36.0 Å². The van der Waals surface area contributed by atoms with Gasteiger partial charge in [-0.1, -0.05) is 19.4 Å². The molecule has 0 saturated heterocycles. The number of benzene rings is 1. The van der Waals surface area contributed by atoms with Gasteiger partial charge in [0.05, 0.1) is 11.4 Å². The highest BCUT2D eigenvalue weighted by Gasteiger charge is 2.24. The van der Waals surface area contributed by atoms with E-state index in [4.69, 9.17) is 0 Å². The summed E-state index contributed by atoms with van der Waals surface area (Å²) in [6.07, 6.45) is 2.40. The Morgan fingerprint density at radius 1 is 1.36 bits per heavy atom. The molecule has 1 aromatic carbocycles. The standard InChI is InChI=1S/C20H25N3O3S2/c1-3-4-8-22-15(2)10-18(21-22)19(23(25)14-24)13-28(26)12-16-5-6-20-17(11-16)7-9-27-20/h5-7,9-11,14,19,25H,3-4,8,12-13H2,1-2H3/t19-,28?/m1/s1. The topological polar surface area (TPSA) is 75.4 Å². The van der Waals surface area contributed by atoms with Crippen molar-refractivity contribution in [1.82, 2.24) is 14.8 Å². The molecule has 2 heterocycles. The third-order valence-corrected chi connectivity index (χ3v) is 6.92. The molecule has 1 unspecified atom stereocenters. The predicted octanol–water partition coefficient (Wildman–Crippen LogP) is 4.04. The number of unbranched alkanes of at least 4 members (excludes halogenated alkanes) is 1. The molecule has 0 radical (unpaired) electrons. The molecule has 2 atom stereocenters. The highest BCUT2D eigenvalue weighted by molar-refractivity contribution is 7.84. The first-order valence-corrected chi connectivity index (χ1v) is 11.7. The molecule has 1 N–H and O–H groups in total. The molecule has 3 rings (SSSR count). The van der Waals surface area contributed by atoms with Crippen LogP contribution < -0.4 is 0 Å². The molecule has 0 aliphatic rings. The average Bonchev–Trinajstić information content (AvgIpc) is 3.29. The Morgan fingerprint density at radius 2 is 2.18 bits per heavy atom. The Labute approximate surface area is 171 Å². The molecule has 150 valence electrons. The van der Waals surface area contributed by atoms with Gasteiger partial charge < -0.3 is 0 Å². The number of hydrogen-bond donors (Lipinski definition) is 1. The van der Waals surface area contributed by atoms with Gasteiger partial charge in [0, 0.05) is 33.5 Å². The van der Waals surface area contributed by atoms with Crippen LogP contribution in [0.4, 0.5) is 0 Å². The summed E-state index contributed by atoms with van der Waals surface area (Å²) >= 11 is 1.67.